The van der Waals surface area contributed by atoms with Gasteiger partial charge in [-0.05, 0) is 31.6 Å². The van der Waals surface area contributed by atoms with Crippen LogP contribution in [0.2, 0.25) is 0 Å². The second-order valence-corrected chi connectivity index (χ2v) is 13.6. The lowest BCUT2D eigenvalue weighted by molar-refractivity contribution is -0.154. The van der Waals surface area contributed by atoms with Gasteiger partial charge in [0.1, 0.15) is 6.04 Å². The Morgan fingerprint density at radius 2 is 2.05 bits per heavy atom. The highest BCUT2D eigenvalue weighted by Gasteiger charge is 2.76. The first-order valence-corrected chi connectivity index (χ1v) is 15.4. The van der Waals surface area contributed by atoms with Crippen molar-refractivity contribution in [2.24, 2.45) is 17.8 Å². The van der Waals surface area contributed by atoms with Crippen molar-refractivity contribution < 1.29 is 24.2 Å². The molecule has 37 heavy (non-hydrogen) atoms. The van der Waals surface area contributed by atoms with E-state index in [0.717, 1.165) is 19.3 Å². The molecule has 0 saturated carbocycles. The van der Waals surface area contributed by atoms with Gasteiger partial charge in [0.25, 0.3) is 0 Å². The molecule has 0 aromatic carbocycles. The standard InChI is InChI=1S/C28H43BrN2O5S/c1-6-9-11-13-30(12-8-3)26(34)24-28-16-20(29)23(37-28)21(27(35)36-14-10-7-2)22(28)25(33)31(24)19(17-32)15-18(4)5/h7-8,18-24,32H,2-3,6,9-17H2,1,4-5H3/t19-,20?,21+,22+,23+,24?,28?/m1/s1. The number of halogens is 1. The fraction of sp³-hybridized carbons (Fsp3) is 0.750. The number of carbonyl (C=O) groups is 3. The van der Waals surface area contributed by atoms with Crippen LogP contribution in [0.15, 0.2) is 25.3 Å². The summed E-state index contributed by atoms with van der Waals surface area (Å²) in [6.45, 7) is 14.7. The van der Waals surface area contributed by atoms with Gasteiger partial charge < -0.3 is 19.6 Å². The van der Waals surface area contributed by atoms with Gasteiger partial charge in [0.05, 0.1) is 35.8 Å². The Balaban J connectivity index is 2.05. The van der Waals surface area contributed by atoms with Crippen LogP contribution >= 0.6 is 27.7 Å². The number of rotatable bonds is 15. The Bertz CT molecular complexity index is 870. The van der Waals surface area contributed by atoms with Crippen molar-refractivity contribution in [3.05, 3.63) is 25.3 Å². The van der Waals surface area contributed by atoms with Crippen molar-refractivity contribution in [2.75, 3.05) is 26.3 Å². The fourth-order valence-corrected chi connectivity index (χ4v) is 9.92. The highest BCUT2D eigenvalue weighted by atomic mass is 79.9. The number of carbonyl (C=O) groups excluding carboxylic acids is 3. The molecule has 3 aliphatic heterocycles. The third-order valence-corrected chi connectivity index (χ3v) is 11.1. The maximum absolute atomic E-state index is 14.4. The molecule has 208 valence electrons. The van der Waals surface area contributed by atoms with Gasteiger partial charge in [-0.25, -0.2) is 0 Å². The molecule has 3 rings (SSSR count). The SMILES string of the molecule is C=CCCOC(=O)[C@H]1[C@H]2C(=O)N([C@@H](CO)CC(C)C)C(C(=O)N(CC=C)CCCCC)C23CC(Br)[C@@H]1S3. The predicted octanol–water partition coefficient (Wildman–Crippen LogP) is 4.18. The largest absolute Gasteiger partial charge is 0.465 e. The molecule has 3 saturated heterocycles. The van der Waals surface area contributed by atoms with E-state index in [-0.39, 0.29) is 47.0 Å². The number of hydrogen-bond donors (Lipinski definition) is 1. The van der Waals surface area contributed by atoms with Gasteiger partial charge in [0.15, 0.2) is 0 Å². The lowest BCUT2D eigenvalue weighted by Gasteiger charge is -2.40. The number of unbranched alkanes of at least 4 members (excludes halogenated alkanes) is 2. The van der Waals surface area contributed by atoms with Crippen LogP contribution in [0.1, 0.15) is 59.3 Å². The predicted molar refractivity (Wildman–Crippen MR) is 151 cm³/mol. The lowest BCUT2D eigenvalue weighted by Crippen LogP contribution is -2.58. The Labute approximate surface area is 234 Å². The van der Waals surface area contributed by atoms with Crippen molar-refractivity contribution >= 4 is 45.5 Å². The maximum Gasteiger partial charge on any atom is 0.310 e. The van der Waals surface area contributed by atoms with Gasteiger partial charge >= 0.3 is 5.97 Å². The van der Waals surface area contributed by atoms with Gasteiger partial charge in [-0.1, -0.05) is 61.7 Å². The van der Waals surface area contributed by atoms with E-state index in [2.05, 4.69) is 36.0 Å². The topological polar surface area (TPSA) is 87.1 Å². The monoisotopic (exact) mass is 598 g/mol. The second-order valence-electron chi connectivity index (χ2n) is 10.9. The van der Waals surface area contributed by atoms with E-state index < -0.39 is 28.7 Å². The van der Waals surface area contributed by atoms with Crippen LogP contribution in [0.4, 0.5) is 0 Å². The molecule has 0 aromatic heterocycles. The number of amides is 2. The molecule has 3 unspecified atom stereocenters. The summed E-state index contributed by atoms with van der Waals surface area (Å²) in [5.41, 5.74) is 0. The zero-order valence-electron chi connectivity index (χ0n) is 22.4. The van der Waals surface area contributed by atoms with Crippen LogP contribution in [0, 0.1) is 17.8 Å². The third-order valence-electron chi connectivity index (χ3n) is 7.84. The minimum Gasteiger partial charge on any atom is -0.465 e. The van der Waals surface area contributed by atoms with Gasteiger partial charge in [-0.2, -0.15) is 0 Å². The van der Waals surface area contributed by atoms with Crippen molar-refractivity contribution in [2.45, 2.75) is 86.2 Å². The summed E-state index contributed by atoms with van der Waals surface area (Å²) >= 11 is 5.38. The van der Waals surface area contributed by atoms with Crippen molar-refractivity contribution in [1.29, 1.82) is 0 Å². The molecule has 3 fully saturated rings. The summed E-state index contributed by atoms with van der Waals surface area (Å²) in [6, 6.07) is -1.24. The van der Waals surface area contributed by atoms with E-state index in [0.29, 0.717) is 32.4 Å². The molecule has 2 bridgehead atoms. The smallest absolute Gasteiger partial charge is 0.310 e. The first-order valence-electron chi connectivity index (χ1n) is 13.6. The van der Waals surface area contributed by atoms with E-state index in [4.69, 9.17) is 4.74 Å². The molecule has 0 radical (unpaired) electrons. The Morgan fingerprint density at radius 3 is 2.65 bits per heavy atom. The fourth-order valence-electron chi connectivity index (χ4n) is 6.34. The molecule has 7 atom stereocenters. The van der Waals surface area contributed by atoms with Crippen LogP contribution in [-0.4, -0.2) is 85.9 Å². The molecule has 3 aliphatic rings. The Kier molecular flexibility index (Phi) is 10.7. The number of aliphatic hydroxyl groups excluding tert-OH is 1. The number of esters is 1. The molecule has 0 aromatic rings. The Morgan fingerprint density at radius 1 is 1.32 bits per heavy atom. The van der Waals surface area contributed by atoms with Crippen LogP contribution in [0.3, 0.4) is 0 Å². The highest BCUT2D eigenvalue weighted by molar-refractivity contribution is 9.09. The third kappa shape index (κ3) is 5.83. The molecule has 1 spiro atoms. The Hall–Kier alpha value is -1.32. The normalized spacial score (nSPS) is 30.9. The molecule has 2 amide bonds. The number of fused-ring (bicyclic) bond motifs is 1. The quantitative estimate of drug-likeness (QED) is 0.132. The van der Waals surface area contributed by atoms with Crippen LogP contribution in [0.5, 0.6) is 0 Å². The second kappa shape index (κ2) is 13.2. The van der Waals surface area contributed by atoms with Crippen molar-refractivity contribution in [3.8, 4) is 0 Å². The number of hydrogen-bond acceptors (Lipinski definition) is 6. The van der Waals surface area contributed by atoms with Crippen LogP contribution < -0.4 is 0 Å². The number of alkyl halides is 1. The minimum absolute atomic E-state index is 0.0145. The van der Waals surface area contributed by atoms with Gasteiger partial charge in [-0.15, -0.1) is 24.9 Å². The van der Waals surface area contributed by atoms with Crippen LogP contribution in [-0.2, 0) is 19.1 Å². The average molecular weight is 600 g/mol. The molecule has 1 N–H and O–H groups in total. The lowest BCUT2D eigenvalue weighted by atomic mass is 9.71. The molecular formula is C28H43BrN2O5S. The van der Waals surface area contributed by atoms with E-state index in [1.165, 1.54) is 0 Å². The van der Waals surface area contributed by atoms with E-state index in [1.807, 2.05) is 13.8 Å². The molecule has 0 aliphatic carbocycles. The number of nitrogens with zero attached hydrogens (tertiary/aromatic N) is 2. The van der Waals surface area contributed by atoms with Gasteiger partial charge in [0, 0.05) is 23.2 Å². The highest BCUT2D eigenvalue weighted by Crippen LogP contribution is 2.68. The number of aliphatic hydroxyl groups is 1. The zero-order valence-corrected chi connectivity index (χ0v) is 24.8. The summed E-state index contributed by atoms with van der Waals surface area (Å²) < 4.78 is 4.83. The average Bonchev–Trinajstić information content (AvgIpc) is 3.45. The van der Waals surface area contributed by atoms with E-state index in [9.17, 15) is 19.5 Å². The van der Waals surface area contributed by atoms with Crippen molar-refractivity contribution in [1.82, 2.24) is 9.80 Å². The van der Waals surface area contributed by atoms with Gasteiger partial charge in [-0.3, -0.25) is 14.4 Å². The molecule has 7 nitrogen and oxygen atoms in total. The molecule has 3 heterocycles. The first-order chi connectivity index (χ1) is 17.7. The summed E-state index contributed by atoms with van der Waals surface area (Å²) in [5.74, 6) is -1.75. The van der Waals surface area contributed by atoms with E-state index in [1.54, 1.807) is 33.7 Å². The van der Waals surface area contributed by atoms with Gasteiger partial charge in [0.2, 0.25) is 11.8 Å². The molecule has 9 heteroatoms. The number of likely N-dealkylation sites (tertiary alicyclic amines) is 1. The van der Waals surface area contributed by atoms with E-state index >= 15 is 0 Å². The number of ether oxygens (including phenoxy) is 1. The summed E-state index contributed by atoms with van der Waals surface area (Å²) in [4.78, 5) is 45.4. The zero-order chi connectivity index (χ0) is 27.3. The van der Waals surface area contributed by atoms with Crippen LogP contribution in [0.25, 0.3) is 0 Å². The number of thioether (sulfide) groups is 1. The summed E-state index contributed by atoms with van der Waals surface area (Å²) in [5, 5.41) is 10.3. The minimum atomic E-state index is -0.747. The maximum atomic E-state index is 14.4. The summed E-state index contributed by atoms with van der Waals surface area (Å²) in [6.07, 6.45) is 8.07. The summed E-state index contributed by atoms with van der Waals surface area (Å²) in [7, 11) is 0. The molecular weight excluding hydrogens is 556 g/mol. The van der Waals surface area contributed by atoms with Crippen molar-refractivity contribution in [3.63, 3.8) is 0 Å². The first kappa shape index (κ1) is 30.2.